The second-order valence-electron chi connectivity index (χ2n) is 4.22. The van der Waals surface area contributed by atoms with E-state index in [0.29, 0.717) is 6.54 Å². The summed E-state index contributed by atoms with van der Waals surface area (Å²) in [5, 5.41) is 3.19. The zero-order valence-electron chi connectivity index (χ0n) is 10.0. The lowest BCUT2D eigenvalue weighted by atomic mass is 10.2. The molecule has 19 heavy (non-hydrogen) atoms. The van der Waals surface area contributed by atoms with Gasteiger partial charge in [-0.05, 0) is 53.5 Å². The first-order valence-electron chi connectivity index (χ1n) is 5.67. The average molecular weight is 374 g/mol. The van der Waals surface area contributed by atoms with Gasteiger partial charge in [-0.15, -0.1) is 12.4 Å². The normalized spacial score (nSPS) is 19.2. The standard InChI is InChI=1S/C11H14BrFN2O2S.ClH/c12-10-4-3-9(6-11(10)13)18(16,17)15-7-8-2-1-5-14-8;/h3-4,6,8,14-15H,1-2,5,7H2;1H. The highest BCUT2D eigenvalue weighted by Crippen LogP contribution is 2.19. The Bertz CT molecular complexity index is 535. The summed E-state index contributed by atoms with van der Waals surface area (Å²) in [7, 11) is -3.64. The lowest BCUT2D eigenvalue weighted by Crippen LogP contribution is -2.37. The van der Waals surface area contributed by atoms with Crippen LogP contribution in [0.4, 0.5) is 4.39 Å². The Morgan fingerprint density at radius 2 is 2.21 bits per heavy atom. The number of hydrogen-bond donors (Lipinski definition) is 2. The Kier molecular flexibility index (Phi) is 6.19. The van der Waals surface area contributed by atoms with E-state index in [0.717, 1.165) is 25.5 Å². The van der Waals surface area contributed by atoms with Crippen LogP contribution >= 0.6 is 28.3 Å². The molecule has 1 unspecified atom stereocenters. The maximum Gasteiger partial charge on any atom is 0.240 e. The van der Waals surface area contributed by atoms with Crippen LogP contribution in [0, 0.1) is 5.82 Å². The molecule has 1 atom stereocenters. The van der Waals surface area contributed by atoms with E-state index in [1.165, 1.54) is 12.1 Å². The second kappa shape index (κ2) is 6.99. The van der Waals surface area contributed by atoms with Crippen molar-refractivity contribution in [2.75, 3.05) is 13.1 Å². The van der Waals surface area contributed by atoms with Crippen LogP contribution in [0.5, 0.6) is 0 Å². The molecule has 0 radical (unpaired) electrons. The molecule has 108 valence electrons. The molecule has 2 N–H and O–H groups in total. The monoisotopic (exact) mass is 372 g/mol. The van der Waals surface area contributed by atoms with Crippen molar-refractivity contribution in [2.45, 2.75) is 23.8 Å². The van der Waals surface area contributed by atoms with Gasteiger partial charge in [0.2, 0.25) is 10.0 Å². The molecule has 0 saturated carbocycles. The molecule has 0 spiro atoms. The quantitative estimate of drug-likeness (QED) is 0.849. The van der Waals surface area contributed by atoms with Gasteiger partial charge in [0.15, 0.2) is 0 Å². The number of hydrogen-bond acceptors (Lipinski definition) is 3. The van der Waals surface area contributed by atoms with E-state index in [4.69, 9.17) is 0 Å². The molecule has 1 heterocycles. The molecule has 2 rings (SSSR count). The van der Waals surface area contributed by atoms with Gasteiger partial charge >= 0.3 is 0 Å². The predicted octanol–water partition coefficient (Wildman–Crippen LogP) is 2.04. The summed E-state index contributed by atoms with van der Waals surface area (Å²) in [4.78, 5) is -0.0544. The molecule has 0 aromatic heterocycles. The van der Waals surface area contributed by atoms with Gasteiger partial charge in [0.1, 0.15) is 5.82 Å². The molecule has 1 saturated heterocycles. The third kappa shape index (κ3) is 4.39. The molecule has 1 fully saturated rings. The maximum atomic E-state index is 13.3. The highest BCUT2D eigenvalue weighted by Gasteiger charge is 2.19. The first kappa shape index (κ1) is 16.8. The minimum atomic E-state index is -3.64. The predicted molar refractivity (Wildman–Crippen MR) is 77.6 cm³/mol. The molecule has 1 aliphatic heterocycles. The maximum absolute atomic E-state index is 13.3. The van der Waals surface area contributed by atoms with Crippen LogP contribution < -0.4 is 10.0 Å². The van der Waals surface area contributed by atoms with Gasteiger partial charge in [-0.3, -0.25) is 0 Å². The van der Waals surface area contributed by atoms with Crippen molar-refractivity contribution in [2.24, 2.45) is 0 Å². The number of sulfonamides is 1. The Morgan fingerprint density at radius 3 is 2.79 bits per heavy atom. The van der Waals surface area contributed by atoms with Crippen LogP contribution in [-0.2, 0) is 10.0 Å². The summed E-state index contributed by atoms with van der Waals surface area (Å²) < 4.78 is 39.9. The summed E-state index contributed by atoms with van der Waals surface area (Å²) in [6.07, 6.45) is 2.01. The Morgan fingerprint density at radius 1 is 1.47 bits per heavy atom. The smallest absolute Gasteiger partial charge is 0.240 e. The lowest BCUT2D eigenvalue weighted by molar-refractivity contribution is 0.550. The molecule has 4 nitrogen and oxygen atoms in total. The van der Waals surface area contributed by atoms with Gasteiger partial charge in [-0.25, -0.2) is 17.5 Å². The third-order valence-corrected chi connectivity index (χ3v) is 4.95. The molecule has 0 aliphatic carbocycles. The highest BCUT2D eigenvalue weighted by molar-refractivity contribution is 9.10. The topological polar surface area (TPSA) is 58.2 Å². The number of benzene rings is 1. The zero-order valence-corrected chi connectivity index (χ0v) is 13.2. The van der Waals surface area contributed by atoms with E-state index >= 15 is 0 Å². The molecular weight excluding hydrogens is 359 g/mol. The molecule has 1 aliphatic rings. The fraction of sp³-hybridized carbons (Fsp3) is 0.455. The fourth-order valence-electron chi connectivity index (χ4n) is 1.87. The number of rotatable bonds is 4. The Hall–Kier alpha value is -0.210. The molecule has 8 heteroatoms. The second-order valence-corrected chi connectivity index (χ2v) is 6.84. The average Bonchev–Trinajstić information content (AvgIpc) is 2.83. The molecule has 1 aromatic rings. The molecular formula is C11H15BrClFN2O2S. The van der Waals surface area contributed by atoms with Crippen LogP contribution in [0.2, 0.25) is 0 Å². The van der Waals surface area contributed by atoms with Crippen LogP contribution in [-0.4, -0.2) is 27.5 Å². The highest BCUT2D eigenvalue weighted by atomic mass is 79.9. The summed E-state index contributed by atoms with van der Waals surface area (Å²) in [6.45, 7) is 1.25. The largest absolute Gasteiger partial charge is 0.313 e. The fourth-order valence-corrected chi connectivity index (χ4v) is 3.21. The Balaban J connectivity index is 0.00000180. The van der Waals surface area contributed by atoms with Crippen molar-refractivity contribution in [3.8, 4) is 0 Å². The third-order valence-electron chi connectivity index (χ3n) is 2.88. The van der Waals surface area contributed by atoms with Crippen molar-refractivity contribution in [1.29, 1.82) is 0 Å². The molecule has 1 aromatic carbocycles. The van der Waals surface area contributed by atoms with Gasteiger partial charge in [0.25, 0.3) is 0 Å². The van der Waals surface area contributed by atoms with Gasteiger partial charge in [0.05, 0.1) is 9.37 Å². The van der Waals surface area contributed by atoms with Gasteiger partial charge < -0.3 is 5.32 Å². The minimum absolute atomic E-state index is 0. The first-order chi connectivity index (χ1) is 8.49. The first-order valence-corrected chi connectivity index (χ1v) is 7.95. The van der Waals surface area contributed by atoms with Crippen LogP contribution in [0.15, 0.2) is 27.6 Å². The van der Waals surface area contributed by atoms with Gasteiger partial charge in [-0.1, -0.05) is 0 Å². The van der Waals surface area contributed by atoms with Crippen molar-refractivity contribution in [3.05, 3.63) is 28.5 Å². The van der Waals surface area contributed by atoms with E-state index in [2.05, 4.69) is 26.0 Å². The van der Waals surface area contributed by atoms with Crippen molar-refractivity contribution < 1.29 is 12.8 Å². The van der Waals surface area contributed by atoms with Crippen molar-refractivity contribution in [3.63, 3.8) is 0 Å². The van der Waals surface area contributed by atoms with Crippen LogP contribution in [0.25, 0.3) is 0 Å². The zero-order chi connectivity index (χ0) is 13.2. The van der Waals surface area contributed by atoms with E-state index in [9.17, 15) is 12.8 Å². The SMILES string of the molecule is Cl.O=S(=O)(NCC1CCCN1)c1ccc(Br)c(F)c1. The van der Waals surface area contributed by atoms with Gasteiger partial charge in [-0.2, -0.15) is 0 Å². The summed E-state index contributed by atoms with van der Waals surface area (Å²) in [5.41, 5.74) is 0. The van der Waals surface area contributed by atoms with E-state index < -0.39 is 15.8 Å². The molecule has 0 amide bonds. The van der Waals surface area contributed by atoms with Crippen LogP contribution in [0.1, 0.15) is 12.8 Å². The van der Waals surface area contributed by atoms with E-state index in [-0.39, 0.29) is 27.8 Å². The summed E-state index contributed by atoms with van der Waals surface area (Å²) in [6, 6.07) is 3.93. The van der Waals surface area contributed by atoms with E-state index in [1.807, 2.05) is 0 Å². The van der Waals surface area contributed by atoms with Gasteiger partial charge in [0, 0.05) is 12.6 Å². The summed E-state index contributed by atoms with van der Waals surface area (Å²) in [5.74, 6) is -0.586. The molecule has 0 bridgehead atoms. The number of halogens is 3. The van der Waals surface area contributed by atoms with Crippen molar-refractivity contribution >= 4 is 38.4 Å². The summed E-state index contributed by atoms with van der Waals surface area (Å²) >= 11 is 2.99. The minimum Gasteiger partial charge on any atom is -0.313 e. The number of nitrogens with one attached hydrogen (secondary N) is 2. The lowest BCUT2D eigenvalue weighted by Gasteiger charge is -2.12. The van der Waals surface area contributed by atoms with Crippen LogP contribution in [0.3, 0.4) is 0 Å². The van der Waals surface area contributed by atoms with E-state index in [1.54, 1.807) is 0 Å². The van der Waals surface area contributed by atoms with Crippen molar-refractivity contribution in [1.82, 2.24) is 10.0 Å². The Labute approximate surface area is 126 Å².